The van der Waals surface area contributed by atoms with Crippen molar-refractivity contribution >= 4 is 11.9 Å². The Kier molecular flexibility index (Phi) is 7.41. The summed E-state index contributed by atoms with van der Waals surface area (Å²) in [6.45, 7) is 5.85. The van der Waals surface area contributed by atoms with E-state index < -0.39 is 5.97 Å². The van der Waals surface area contributed by atoms with Crippen LogP contribution in [0.3, 0.4) is 0 Å². The van der Waals surface area contributed by atoms with Crippen molar-refractivity contribution in [3.8, 4) is 5.75 Å². The van der Waals surface area contributed by atoms with Crippen molar-refractivity contribution in [2.24, 2.45) is 5.92 Å². The largest absolute Gasteiger partial charge is 0.496 e. The number of esters is 1. The van der Waals surface area contributed by atoms with Gasteiger partial charge in [0.2, 0.25) is 0 Å². The molecule has 0 saturated carbocycles. The molecule has 0 spiro atoms. The number of methoxy groups -OCH3 is 1. The van der Waals surface area contributed by atoms with Gasteiger partial charge in [0.15, 0.2) is 6.61 Å². The molecule has 0 unspecified atom stereocenters. The van der Waals surface area contributed by atoms with E-state index >= 15 is 0 Å². The average Bonchev–Trinajstić information content (AvgIpc) is 2.70. The maximum atomic E-state index is 12.3. The zero-order valence-electron chi connectivity index (χ0n) is 16.3. The van der Waals surface area contributed by atoms with E-state index in [-0.39, 0.29) is 24.5 Å². The van der Waals surface area contributed by atoms with Gasteiger partial charge in [-0.25, -0.2) is 4.79 Å². The van der Waals surface area contributed by atoms with Gasteiger partial charge in [-0.15, -0.1) is 0 Å². The summed E-state index contributed by atoms with van der Waals surface area (Å²) in [4.78, 5) is 24.5. The Morgan fingerprint density at radius 1 is 1.04 bits per heavy atom. The summed E-state index contributed by atoms with van der Waals surface area (Å²) in [6, 6.07) is 14.8. The molecular formula is C22H27NO4. The summed E-state index contributed by atoms with van der Waals surface area (Å²) >= 11 is 0. The molecule has 27 heavy (non-hydrogen) atoms. The zero-order valence-corrected chi connectivity index (χ0v) is 16.3. The molecule has 0 fully saturated rings. The smallest absolute Gasteiger partial charge is 0.342 e. The number of nitrogens with one attached hydrogen (secondary N) is 1. The summed E-state index contributed by atoms with van der Waals surface area (Å²) in [7, 11) is 1.48. The van der Waals surface area contributed by atoms with E-state index in [4.69, 9.17) is 9.47 Å². The molecule has 1 N–H and O–H groups in total. The van der Waals surface area contributed by atoms with Crippen LogP contribution in [0.4, 0.5) is 0 Å². The van der Waals surface area contributed by atoms with Gasteiger partial charge in [0.05, 0.1) is 13.2 Å². The first-order valence-electron chi connectivity index (χ1n) is 9.14. The first-order valence-corrected chi connectivity index (χ1v) is 9.14. The molecule has 2 rings (SSSR count). The van der Waals surface area contributed by atoms with E-state index in [0.29, 0.717) is 11.3 Å². The minimum Gasteiger partial charge on any atom is -0.496 e. The second kappa shape index (κ2) is 9.76. The highest BCUT2D eigenvalue weighted by Crippen LogP contribution is 2.22. The van der Waals surface area contributed by atoms with Gasteiger partial charge in [0.1, 0.15) is 11.3 Å². The van der Waals surface area contributed by atoms with Crippen molar-refractivity contribution in [3.05, 3.63) is 65.2 Å². The van der Waals surface area contributed by atoms with Crippen molar-refractivity contribution in [2.45, 2.75) is 33.2 Å². The van der Waals surface area contributed by atoms with Crippen molar-refractivity contribution in [3.63, 3.8) is 0 Å². The third-order valence-electron chi connectivity index (χ3n) is 4.39. The van der Waals surface area contributed by atoms with Crippen LogP contribution in [-0.4, -0.2) is 25.6 Å². The molecule has 0 bridgehead atoms. The molecule has 0 heterocycles. The molecule has 0 saturated heterocycles. The van der Waals surface area contributed by atoms with Crippen molar-refractivity contribution in [1.82, 2.24) is 5.32 Å². The highest BCUT2D eigenvalue weighted by atomic mass is 16.5. The number of rotatable bonds is 8. The van der Waals surface area contributed by atoms with E-state index in [1.165, 1.54) is 12.7 Å². The van der Waals surface area contributed by atoms with Crippen LogP contribution >= 0.6 is 0 Å². The summed E-state index contributed by atoms with van der Waals surface area (Å²) in [5, 5.41) is 2.96. The van der Waals surface area contributed by atoms with E-state index in [1.54, 1.807) is 24.3 Å². The molecule has 1 amide bonds. The van der Waals surface area contributed by atoms with Gasteiger partial charge in [0.25, 0.3) is 5.91 Å². The zero-order chi connectivity index (χ0) is 19.8. The number of benzene rings is 2. The number of ether oxygens (including phenoxy) is 2. The molecule has 0 aliphatic heterocycles. The lowest BCUT2D eigenvalue weighted by atomic mass is 9.95. The van der Waals surface area contributed by atoms with Crippen molar-refractivity contribution in [2.75, 3.05) is 13.7 Å². The Labute approximate surface area is 160 Å². The van der Waals surface area contributed by atoms with E-state index in [9.17, 15) is 9.59 Å². The quantitative estimate of drug-likeness (QED) is 0.716. The predicted molar refractivity (Wildman–Crippen MR) is 105 cm³/mol. The second-order valence-electron chi connectivity index (χ2n) is 6.66. The third-order valence-corrected chi connectivity index (χ3v) is 4.39. The molecule has 2 aromatic rings. The van der Waals surface area contributed by atoms with Gasteiger partial charge < -0.3 is 14.8 Å². The lowest BCUT2D eigenvalue weighted by Crippen LogP contribution is -2.35. The van der Waals surface area contributed by atoms with Crippen LogP contribution in [0.5, 0.6) is 5.75 Å². The standard InChI is InChI=1S/C22H27NO4/c1-5-16-10-12-17(13-11-16)21(15(2)3)23-20(24)14-27-22(25)18-8-6-7-9-19(18)26-4/h6-13,15,21H,5,14H2,1-4H3,(H,23,24)/t21-/m1/s1. The first-order chi connectivity index (χ1) is 13.0. The number of carbonyl (C=O) groups is 2. The van der Waals surface area contributed by atoms with Gasteiger partial charge in [-0.3, -0.25) is 4.79 Å². The Hall–Kier alpha value is -2.82. The van der Waals surface area contributed by atoms with Gasteiger partial charge in [-0.1, -0.05) is 57.2 Å². The lowest BCUT2D eigenvalue weighted by Gasteiger charge is -2.23. The molecule has 0 aliphatic rings. The summed E-state index contributed by atoms with van der Waals surface area (Å²) in [5.74, 6) is -0.308. The van der Waals surface area contributed by atoms with Gasteiger partial charge in [-0.05, 0) is 35.6 Å². The Bertz CT molecular complexity index is 768. The number of hydrogen-bond acceptors (Lipinski definition) is 4. The predicted octanol–water partition coefficient (Wildman–Crippen LogP) is 3.93. The van der Waals surface area contributed by atoms with Crippen LogP contribution in [0.15, 0.2) is 48.5 Å². The molecule has 2 aromatic carbocycles. The van der Waals surface area contributed by atoms with E-state index in [0.717, 1.165) is 12.0 Å². The fourth-order valence-corrected chi connectivity index (χ4v) is 2.83. The van der Waals surface area contributed by atoms with Crippen LogP contribution in [0.1, 0.15) is 48.3 Å². The molecule has 1 atom stereocenters. The fraction of sp³-hybridized carbons (Fsp3) is 0.364. The van der Waals surface area contributed by atoms with Gasteiger partial charge in [-0.2, -0.15) is 0 Å². The molecule has 0 aliphatic carbocycles. The average molecular weight is 369 g/mol. The highest BCUT2D eigenvalue weighted by molar-refractivity contribution is 5.94. The topological polar surface area (TPSA) is 64.6 Å². The van der Waals surface area contributed by atoms with Crippen molar-refractivity contribution < 1.29 is 19.1 Å². The summed E-state index contributed by atoms with van der Waals surface area (Å²) in [6.07, 6.45) is 0.970. The highest BCUT2D eigenvalue weighted by Gasteiger charge is 2.20. The number of para-hydroxylation sites is 1. The maximum Gasteiger partial charge on any atom is 0.342 e. The van der Waals surface area contributed by atoms with Gasteiger partial charge >= 0.3 is 5.97 Å². The summed E-state index contributed by atoms with van der Waals surface area (Å²) in [5.41, 5.74) is 2.58. The van der Waals surface area contributed by atoms with Crippen LogP contribution in [0, 0.1) is 5.92 Å². The molecule has 5 heteroatoms. The minimum absolute atomic E-state index is 0.145. The fourth-order valence-electron chi connectivity index (χ4n) is 2.83. The van der Waals surface area contributed by atoms with Crippen LogP contribution in [0.25, 0.3) is 0 Å². The minimum atomic E-state index is -0.587. The number of hydrogen-bond donors (Lipinski definition) is 1. The third kappa shape index (κ3) is 5.58. The number of aryl methyl sites for hydroxylation is 1. The molecule has 144 valence electrons. The molecule has 5 nitrogen and oxygen atoms in total. The normalized spacial score (nSPS) is 11.7. The van der Waals surface area contributed by atoms with Crippen LogP contribution in [0.2, 0.25) is 0 Å². The second-order valence-corrected chi connectivity index (χ2v) is 6.66. The number of amides is 1. The SMILES string of the molecule is CCc1ccc([C@H](NC(=O)COC(=O)c2ccccc2OC)C(C)C)cc1. The summed E-state index contributed by atoms with van der Waals surface area (Å²) < 4.78 is 10.3. The van der Waals surface area contributed by atoms with Gasteiger partial charge in [0, 0.05) is 0 Å². The molecule has 0 aromatic heterocycles. The first kappa shape index (κ1) is 20.5. The van der Waals surface area contributed by atoms with Crippen LogP contribution < -0.4 is 10.1 Å². The Morgan fingerprint density at radius 3 is 2.30 bits per heavy atom. The Balaban J connectivity index is 1.98. The molecular weight excluding hydrogens is 342 g/mol. The van der Waals surface area contributed by atoms with E-state index in [2.05, 4.69) is 24.4 Å². The molecule has 0 radical (unpaired) electrons. The van der Waals surface area contributed by atoms with Crippen LogP contribution in [-0.2, 0) is 16.0 Å². The van der Waals surface area contributed by atoms with E-state index in [1.807, 2.05) is 26.0 Å². The maximum absolute atomic E-state index is 12.3. The Morgan fingerprint density at radius 2 is 1.70 bits per heavy atom. The lowest BCUT2D eigenvalue weighted by molar-refractivity contribution is -0.125. The van der Waals surface area contributed by atoms with Crippen molar-refractivity contribution in [1.29, 1.82) is 0 Å². The monoisotopic (exact) mass is 369 g/mol. The number of carbonyl (C=O) groups excluding carboxylic acids is 2.